The number of fused-ring (bicyclic) bond motifs is 2. The molecule has 1 aliphatic rings. The van der Waals surface area contributed by atoms with Gasteiger partial charge in [0.15, 0.2) is 11.5 Å². The third-order valence-electron chi connectivity index (χ3n) is 6.27. The van der Waals surface area contributed by atoms with E-state index in [2.05, 4.69) is 25.3 Å². The van der Waals surface area contributed by atoms with Crippen molar-refractivity contribution in [1.29, 1.82) is 0 Å². The van der Waals surface area contributed by atoms with E-state index in [0.29, 0.717) is 34.2 Å². The average molecular weight is 502 g/mol. The number of aromatic nitrogens is 6. The van der Waals surface area contributed by atoms with Crippen LogP contribution in [0.1, 0.15) is 29.4 Å². The van der Waals surface area contributed by atoms with Gasteiger partial charge in [-0.15, -0.1) is 0 Å². The zero-order chi connectivity index (χ0) is 25.0. The van der Waals surface area contributed by atoms with Gasteiger partial charge in [-0.25, -0.2) is 19.3 Å². The van der Waals surface area contributed by atoms with Gasteiger partial charge in [0, 0.05) is 31.2 Å². The van der Waals surface area contributed by atoms with Gasteiger partial charge in [0.05, 0.1) is 22.0 Å². The van der Waals surface area contributed by atoms with E-state index in [9.17, 15) is 14.3 Å². The Bertz CT molecular complexity index is 1650. The molecular weight excluding hydrogens is 485 g/mol. The molecule has 0 bridgehead atoms. The predicted molar refractivity (Wildman–Crippen MR) is 129 cm³/mol. The van der Waals surface area contributed by atoms with E-state index in [1.807, 2.05) is 0 Å². The highest BCUT2D eigenvalue weighted by Gasteiger charge is 2.49. The minimum absolute atomic E-state index is 0.121. The van der Waals surface area contributed by atoms with Crippen molar-refractivity contribution in [1.82, 2.24) is 29.3 Å². The molecule has 4 aromatic heterocycles. The zero-order valence-corrected chi connectivity index (χ0v) is 19.5. The summed E-state index contributed by atoms with van der Waals surface area (Å²) in [6.45, 7) is 1.64. The summed E-state index contributed by atoms with van der Waals surface area (Å²) >= 11 is 5.96. The van der Waals surface area contributed by atoms with Crippen LogP contribution in [0.5, 0.6) is 5.88 Å². The zero-order valence-electron chi connectivity index (χ0n) is 18.8. The Morgan fingerprint density at radius 1 is 1.11 bits per heavy atom. The second-order valence-corrected chi connectivity index (χ2v) is 9.01. The molecule has 0 fully saturated rings. The van der Waals surface area contributed by atoms with Crippen LogP contribution >= 0.6 is 11.6 Å². The lowest BCUT2D eigenvalue weighted by Crippen LogP contribution is -2.33. The maximum Gasteiger partial charge on any atom is 0.242 e. The quantitative estimate of drug-likeness (QED) is 0.383. The number of anilines is 1. The van der Waals surface area contributed by atoms with Crippen LogP contribution < -0.4 is 5.32 Å². The molecule has 0 aliphatic carbocycles. The van der Waals surface area contributed by atoms with Crippen LogP contribution in [-0.2, 0) is 16.6 Å². The molecule has 0 spiro atoms. The Morgan fingerprint density at radius 2 is 1.92 bits per heavy atom. The molecule has 0 saturated heterocycles. The van der Waals surface area contributed by atoms with Gasteiger partial charge in [0.1, 0.15) is 22.7 Å². The van der Waals surface area contributed by atoms with Crippen LogP contribution in [0, 0.1) is 5.82 Å². The fraction of sp³-hybridized carbons (Fsp3) is 0.120. The molecule has 0 radical (unpaired) electrons. The number of imidazole rings is 1. The fourth-order valence-corrected chi connectivity index (χ4v) is 4.51. The van der Waals surface area contributed by atoms with Crippen molar-refractivity contribution in [3.05, 3.63) is 94.5 Å². The summed E-state index contributed by atoms with van der Waals surface area (Å²) in [5.74, 6) is -0.786. The first kappa shape index (κ1) is 22.1. The molecule has 178 valence electrons. The van der Waals surface area contributed by atoms with Gasteiger partial charge in [0.25, 0.3) is 0 Å². The van der Waals surface area contributed by atoms with Gasteiger partial charge in [-0.3, -0.25) is 9.78 Å². The van der Waals surface area contributed by atoms with E-state index in [-0.39, 0.29) is 28.9 Å². The summed E-state index contributed by atoms with van der Waals surface area (Å²) in [5.41, 5.74) is 1.77. The van der Waals surface area contributed by atoms with Crippen molar-refractivity contribution in [2.24, 2.45) is 0 Å². The molecule has 11 heteroatoms. The van der Waals surface area contributed by atoms with E-state index in [4.69, 9.17) is 16.6 Å². The number of halogens is 2. The number of rotatable bonds is 4. The fourth-order valence-electron chi connectivity index (χ4n) is 4.40. The Balaban J connectivity index is 1.45. The summed E-state index contributed by atoms with van der Waals surface area (Å²) < 4.78 is 15.1. The largest absolute Gasteiger partial charge is 0.493 e. The smallest absolute Gasteiger partial charge is 0.242 e. The highest BCUT2D eigenvalue weighted by atomic mass is 35.5. The number of nitrogens with one attached hydrogen (secondary N) is 1. The molecule has 1 aliphatic heterocycles. The number of amides is 1. The second-order valence-electron chi connectivity index (χ2n) is 8.57. The van der Waals surface area contributed by atoms with Crippen LogP contribution in [0.25, 0.3) is 17.2 Å². The molecule has 36 heavy (non-hydrogen) atoms. The lowest BCUT2D eigenvalue weighted by atomic mass is 9.81. The molecule has 5 aromatic rings. The lowest BCUT2D eigenvalue weighted by molar-refractivity contribution is -0.119. The highest BCUT2D eigenvalue weighted by Crippen LogP contribution is 2.45. The standard InChI is InChI=1S/C25H17ClFN7O2/c1-25(18-7-4-14(26)11-29-18)19-21(33-24(25)36)31-20(32-23(19)35)17-12-34-9-8-28-22(34)16(30-17)10-13-2-5-15(27)6-3-13/h2-9,11-12H,10H2,1H3,(H2,31,32,33,35,36). The van der Waals surface area contributed by atoms with Crippen LogP contribution in [-0.4, -0.2) is 40.3 Å². The molecule has 1 amide bonds. The molecule has 6 rings (SSSR count). The predicted octanol–water partition coefficient (Wildman–Crippen LogP) is 3.93. The van der Waals surface area contributed by atoms with E-state index in [0.717, 1.165) is 5.56 Å². The van der Waals surface area contributed by atoms with E-state index in [1.165, 1.54) is 18.3 Å². The van der Waals surface area contributed by atoms with E-state index < -0.39 is 11.3 Å². The summed E-state index contributed by atoms with van der Waals surface area (Å²) in [6.07, 6.45) is 6.91. The minimum Gasteiger partial charge on any atom is -0.493 e. The van der Waals surface area contributed by atoms with E-state index in [1.54, 1.807) is 54.2 Å². The number of aromatic hydroxyl groups is 1. The maximum atomic E-state index is 13.4. The Kier molecular flexibility index (Phi) is 4.94. The Morgan fingerprint density at radius 3 is 2.67 bits per heavy atom. The van der Waals surface area contributed by atoms with E-state index >= 15 is 0 Å². The van der Waals surface area contributed by atoms with Crippen LogP contribution in [0.4, 0.5) is 10.2 Å². The monoisotopic (exact) mass is 501 g/mol. The van der Waals surface area contributed by atoms with Crippen LogP contribution in [0.2, 0.25) is 5.02 Å². The topological polar surface area (TPSA) is 118 Å². The molecule has 5 heterocycles. The third kappa shape index (κ3) is 3.45. The Hall–Kier alpha value is -4.44. The first-order valence-electron chi connectivity index (χ1n) is 11.0. The van der Waals surface area contributed by atoms with Crippen molar-refractivity contribution in [3.8, 4) is 17.4 Å². The van der Waals surface area contributed by atoms with Gasteiger partial charge >= 0.3 is 0 Å². The first-order chi connectivity index (χ1) is 17.3. The van der Waals surface area contributed by atoms with Gasteiger partial charge in [0.2, 0.25) is 11.8 Å². The van der Waals surface area contributed by atoms with Crippen molar-refractivity contribution in [3.63, 3.8) is 0 Å². The number of carbonyl (C=O) groups is 1. The Labute approximate surface area is 208 Å². The maximum absolute atomic E-state index is 13.4. The normalized spacial score (nSPS) is 16.8. The summed E-state index contributed by atoms with van der Waals surface area (Å²) in [6, 6.07) is 9.39. The van der Waals surface area contributed by atoms with Crippen molar-refractivity contribution in [2.45, 2.75) is 18.8 Å². The molecular formula is C25H17ClFN7O2. The summed E-state index contributed by atoms with van der Waals surface area (Å²) in [7, 11) is 0. The summed E-state index contributed by atoms with van der Waals surface area (Å²) in [5, 5.41) is 14.1. The van der Waals surface area contributed by atoms with Crippen molar-refractivity contribution < 1.29 is 14.3 Å². The van der Waals surface area contributed by atoms with Gasteiger partial charge in [-0.05, 0) is 36.8 Å². The number of benzene rings is 1. The number of hydrogen-bond donors (Lipinski definition) is 2. The SMILES string of the molecule is CC1(c2ccc(Cl)cn2)C(=O)Nc2nc(-c3cn4ccnc4c(Cc4ccc(F)cc4)n3)nc(O)c21. The minimum atomic E-state index is -1.31. The van der Waals surface area contributed by atoms with Crippen molar-refractivity contribution >= 4 is 29.0 Å². The average Bonchev–Trinajstić information content (AvgIpc) is 3.44. The molecule has 1 unspecified atom stereocenters. The number of nitrogens with zero attached hydrogens (tertiary/aromatic N) is 6. The third-order valence-corrected chi connectivity index (χ3v) is 6.50. The number of carbonyl (C=O) groups excluding carboxylic acids is 1. The molecule has 9 nitrogen and oxygen atoms in total. The van der Waals surface area contributed by atoms with Gasteiger partial charge < -0.3 is 14.8 Å². The second kappa shape index (κ2) is 8.06. The van der Waals surface area contributed by atoms with Gasteiger partial charge in [-0.2, -0.15) is 4.98 Å². The highest BCUT2D eigenvalue weighted by molar-refractivity contribution is 6.30. The first-order valence-corrected chi connectivity index (χ1v) is 11.3. The molecule has 0 saturated carbocycles. The van der Waals surface area contributed by atoms with Crippen molar-refractivity contribution in [2.75, 3.05) is 5.32 Å². The molecule has 1 aromatic carbocycles. The summed E-state index contributed by atoms with van der Waals surface area (Å²) in [4.78, 5) is 35.2. The van der Waals surface area contributed by atoms with Crippen LogP contribution in [0.3, 0.4) is 0 Å². The van der Waals surface area contributed by atoms with Gasteiger partial charge in [-0.1, -0.05) is 23.7 Å². The molecule has 1 atom stereocenters. The number of hydrogen-bond acceptors (Lipinski definition) is 7. The lowest BCUT2D eigenvalue weighted by Gasteiger charge is -2.21. The number of pyridine rings is 1. The van der Waals surface area contributed by atoms with Crippen LogP contribution in [0.15, 0.2) is 61.2 Å². The molecule has 2 N–H and O–H groups in total.